The lowest BCUT2D eigenvalue weighted by Crippen LogP contribution is -2.34. The first-order chi connectivity index (χ1) is 10.5. The van der Waals surface area contributed by atoms with Gasteiger partial charge in [-0.25, -0.2) is 8.42 Å². The predicted molar refractivity (Wildman–Crippen MR) is 84.9 cm³/mol. The van der Waals surface area contributed by atoms with E-state index in [4.69, 9.17) is 0 Å². The van der Waals surface area contributed by atoms with Crippen molar-refractivity contribution >= 4 is 15.8 Å². The van der Waals surface area contributed by atoms with Gasteiger partial charge in [0.2, 0.25) is 5.71 Å². The van der Waals surface area contributed by atoms with Crippen LogP contribution in [-0.4, -0.2) is 36.5 Å². The number of hydrogen-bond acceptors (Lipinski definition) is 4. The molecule has 0 radical (unpaired) electrons. The molecular weight excluding hydrogens is 300 g/mol. The monoisotopic (exact) mass is 322 g/mol. The number of hydrazone groups is 1. The van der Waals surface area contributed by atoms with Gasteiger partial charge in [0.05, 0.1) is 11.4 Å². The topological polar surface area (TPSA) is 72.2 Å². The second-order valence-corrected chi connectivity index (χ2v) is 6.85. The first kappa shape index (κ1) is 16.7. The average Bonchev–Trinajstić information content (AvgIpc) is 2.72. The molecule has 22 heavy (non-hydrogen) atoms. The molecule has 1 aromatic carbocycles. The van der Waals surface area contributed by atoms with Gasteiger partial charge in [-0.3, -0.25) is 0 Å². The summed E-state index contributed by atoms with van der Waals surface area (Å²) in [5.41, 5.74) is 5.84. The molecule has 0 bridgehead atoms. The molecule has 3 rings (SSSR count). The molecule has 0 aliphatic carbocycles. The molecule has 1 aromatic rings. The second-order valence-electron chi connectivity index (χ2n) is 5.47. The maximum atomic E-state index is 10.4. The number of benzene rings is 1. The van der Waals surface area contributed by atoms with E-state index in [1.807, 2.05) is 6.92 Å². The van der Waals surface area contributed by atoms with Crippen LogP contribution in [0.1, 0.15) is 31.2 Å². The van der Waals surface area contributed by atoms with E-state index in [9.17, 15) is 13.0 Å². The van der Waals surface area contributed by atoms with Gasteiger partial charge >= 0.3 is 0 Å². The van der Waals surface area contributed by atoms with Crippen molar-refractivity contribution < 1.29 is 17.7 Å². The van der Waals surface area contributed by atoms with Gasteiger partial charge in [0, 0.05) is 18.9 Å². The smallest absolute Gasteiger partial charge is 0.205 e. The fourth-order valence-corrected chi connectivity index (χ4v) is 2.87. The van der Waals surface area contributed by atoms with E-state index < -0.39 is 10.1 Å². The zero-order valence-electron chi connectivity index (χ0n) is 12.8. The van der Waals surface area contributed by atoms with Crippen LogP contribution in [0.2, 0.25) is 0 Å². The number of aryl methyl sites for hydroxylation is 1. The van der Waals surface area contributed by atoms with Crippen LogP contribution in [-0.2, 0) is 10.1 Å². The molecule has 5 nitrogen and oxygen atoms in total. The summed E-state index contributed by atoms with van der Waals surface area (Å²) in [5.74, 6) is 0. The largest absolute Gasteiger partial charge is 0.744 e. The van der Waals surface area contributed by atoms with Crippen LogP contribution in [0.15, 0.2) is 41.3 Å². The number of hydrogen-bond donors (Lipinski definition) is 1. The van der Waals surface area contributed by atoms with Gasteiger partial charge in [-0.15, -0.1) is 4.68 Å². The Morgan fingerprint density at radius 1 is 1.18 bits per heavy atom. The minimum atomic E-state index is -4.27. The number of rotatable bonds is 1. The van der Waals surface area contributed by atoms with E-state index in [2.05, 4.69) is 22.3 Å². The molecule has 1 N–H and O–H groups in total. The van der Waals surface area contributed by atoms with Gasteiger partial charge < -0.3 is 4.55 Å². The van der Waals surface area contributed by atoms with Crippen LogP contribution >= 0.6 is 0 Å². The molecule has 2 heterocycles. The maximum absolute atomic E-state index is 10.4. The first-order valence-corrected chi connectivity index (χ1v) is 8.93. The summed E-state index contributed by atoms with van der Waals surface area (Å²) >= 11 is 0. The molecule has 2 aliphatic rings. The van der Waals surface area contributed by atoms with Crippen LogP contribution in [0.5, 0.6) is 0 Å². The Balaban J connectivity index is 0.000000160. The Morgan fingerprint density at radius 2 is 1.91 bits per heavy atom. The molecule has 2 aliphatic heterocycles. The summed E-state index contributed by atoms with van der Waals surface area (Å²) in [5, 5.41) is 0. The lowest BCUT2D eigenvalue weighted by Gasteiger charge is -2.06. The van der Waals surface area contributed by atoms with Crippen molar-refractivity contribution in [3.63, 3.8) is 0 Å². The van der Waals surface area contributed by atoms with Crippen LogP contribution in [0.25, 0.3) is 0 Å². The van der Waals surface area contributed by atoms with Crippen LogP contribution in [0, 0.1) is 6.92 Å². The van der Waals surface area contributed by atoms with Gasteiger partial charge in [0.15, 0.2) is 6.54 Å². The first-order valence-electron chi connectivity index (χ1n) is 7.53. The highest BCUT2D eigenvalue weighted by atomic mass is 32.2. The van der Waals surface area contributed by atoms with Gasteiger partial charge in [-0.2, -0.15) is 5.43 Å². The van der Waals surface area contributed by atoms with Crippen molar-refractivity contribution in [1.82, 2.24) is 5.43 Å². The SMILES string of the molecule is C1=CC2=[N+](CC1)NCCCC2.Cc1ccc(S(=O)(=O)[O-])cc1. The van der Waals surface area contributed by atoms with Crippen molar-refractivity contribution in [1.29, 1.82) is 0 Å². The Bertz CT molecular complexity index is 661. The third-order valence-corrected chi connectivity index (χ3v) is 4.50. The van der Waals surface area contributed by atoms with Crippen LogP contribution < -0.4 is 5.43 Å². The van der Waals surface area contributed by atoms with Crippen molar-refractivity contribution in [2.45, 2.75) is 37.5 Å². The van der Waals surface area contributed by atoms with E-state index in [1.165, 1.54) is 43.5 Å². The zero-order chi connectivity index (χ0) is 16.0. The molecule has 0 atom stereocenters. The molecule has 0 saturated heterocycles. The molecule has 0 unspecified atom stereocenters. The molecular formula is C16H22N2O3S. The van der Waals surface area contributed by atoms with Gasteiger partial charge in [0.1, 0.15) is 10.1 Å². The van der Waals surface area contributed by atoms with Crippen molar-refractivity contribution in [2.75, 3.05) is 13.1 Å². The van der Waals surface area contributed by atoms with Crippen molar-refractivity contribution in [3.05, 3.63) is 42.0 Å². The summed E-state index contributed by atoms with van der Waals surface area (Å²) < 4.78 is 33.5. The van der Waals surface area contributed by atoms with Crippen LogP contribution in [0.3, 0.4) is 0 Å². The zero-order valence-corrected chi connectivity index (χ0v) is 13.6. The third-order valence-electron chi connectivity index (χ3n) is 3.65. The Morgan fingerprint density at radius 3 is 2.59 bits per heavy atom. The van der Waals surface area contributed by atoms with E-state index in [0.29, 0.717) is 0 Å². The van der Waals surface area contributed by atoms with Crippen molar-refractivity contribution in [2.24, 2.45) is 0 Å². The summed E-state index contributed by atoms with van der Waals surface area (Å²) in [4.78, 5) is -0.178. The fourth-order valence-electron chi connectivity index (χ4n) is 2.41. The minimum absolute atomic E-state index is 0.178. The lowest BCUT2D eigenvalue weighted by molar-refractivity contribution is -0.587. The molecule has 0 aromatic heterocycles. The summed E-state index contributed by atoms with van der Waals surface area (Å²) in [6.07, 6.45) is 9.64. The standard InChI is InChI=1S/C9H15N2.C7H8O3S/c1-3-7-10-11-8-4-2-6-9(11)5-1;1-6-2-4-7(5-3-6)11(8,9)10/h2,6,10H,1,3-5,7-8H2;2-5H,1H3,(H,8,9,10)/q+1;/p-1. The fraction of sp³-hybridized carbons (Fsp3) is 0.438. The molecule has 0 fully saturated rings. The summed E-state index contributed by atoms with van der Waals surface area (Å²) in [7, 11) is -4.27. The molecule has 120 valence electrons. The third kappa shape index (κ3) is 4.96. The average molecular weight is 322 g/mol. The predicted octanol–water partition coefficient (Wildman–Crippen LogP) is 1.99. The minimum Gasteiger partial charge on any atom is -0.744 e. The van der Waals surface area contributed by atoms with Crippen molar-refractivity contribution in [3.8, 4) is 0 Å². The van der Waals surface area contributed by atoms with E-state index in [1.54, 1.807) is 12.1 Å². The highest BCUT2D eigenvalue weighted by Gasteiger charge is 2.17. The number of hydrazine groups is 1. The molecule has 0 amide bonds. The molecule has 0 spiro atoms. The number of nitrogens with zero attached hydrogens (tertiary/aromatic N) is 1. The summed E-state index contributed by atoms with van der Waals surface area (Å²) in [6, 6.07) is 5.78. The molecule has 6 heteroatoms. The number of allylic oxidation sites excluding steroid dienone is 1. The second kappa shape index (κ2) is 7.56. The summed E-state index contributed by atoms with van der Waals surface area (Å²) in [6.45, 7) is 4.13. The van der Waals surface area contributed by atoms with Gasteiger partial charge in [0.25, 0.3) is 0 Å². The van der Waals surface area contributed by atoms with E-state index in [0.717, 1.165) is 18.7 Å². The molecule has 0 saturated carbocycles. The van der Waals surface area contributed by atoms with E-state index in [-0.39, 0.29) is 4.90 Å². The van der Waals surface area contributed by atoms with Crippen LogP contribution in [0.4, 0.5) is 0 Å². The maximum Gasteiger partial charge on any atom is 0.205 e. The van der Waals surface area contributed by atoms with E-state index >= 15 is 0 Å². The lowest BCUT2D eigenvalue weighted by atomic mass is 10.1. The normalized spacial score (nSPS) is 17.7. The highest BCUT2D eigenvalue weighted by Crippen LogP contribution is 2.08. The van der Waals surface area contributed by atoms with Gasteiger partial charge in [-0.1, -0.05) is 23.8 Å². The Hall–Kier alpha value is -1.66. The Kier molecular flexibility index (Phi) is 5.74. The highest BCUT2D eigenvalue weighted by molar-refractivity contribution is 7.85. The Labute approximate surface area is 132 Å². The quantitative estimate of drug-likeness (QED) is 0.634. The number of nitrogens with one attached hydrogen (secondary N) is 1. The van der Waals surface area contributed by atoms with Gasteiger partial charge in [-0.05, 0) is 31.9 Å².